The third-order valence-electron chi connectivity index (χ3n) is 4.05. The smallest absolute Gasteiger partial charge is 0.309 e. The van der Waals surface area contributed by atoms with E-state index in [0.717, 1.165) is 24.6 Å². The first kappa shape index (κ1) is 21.3. The highest BCUT2D eigenvalue weighted by Crippen LogP contribution is 2.38. The van der Waals surface area contributed by atoms with Crippen molar-refractivity contribution in [1.29, 1.82) is 0 Å². The minimum Gasteiger partial charge on any atom is -0.460 e. The van der Waals surface area contributed by atoms with Crippen LogP contribution < -0.4 is 5.32 Å². The Morgan fingerprint density at radius 1 is 1.32 bits per heavy atom. The number of amides is 1. The van der Waals surface area contributed by atoms with Crippen LogP contribution in [0.2, 0.25) is 5.02 Å². The lowest BCUT2D eigenvalue weighted by molar-refractivity contribution is -0.155. The van der Waals surface area contributed by atoms with Crippen LogP contribution in [0.3, 0.4) is 0 Å². The van der Waals surface area contributed by atoms with Crippen molar-refractivity contribution in [1.82, 2.24) is 0 Å². The van der Waals surface area contributed by atoms with Gasteiger partial charge in [0, 0.05) is 16.1 Å². The van der Waals surface area contributed by atoms with Gasteiger partial charge in [0.05, 0.1) is 15.0 Å². The van der Waals surface area contributed by atoms with Gasteiger partial charge in [-0.1, -0.05) is 23.7 Å². The van der Waals surface area contributed by atoms with Gasteiger partial charge in [-0.3, -0.25) is 14.6 Å². The minimum atomic E-state index is -0.864. The topological polar surface area (TPSA) is 67.8 Å². The average Bonchev–Trinajstić information content (AvgIpc) is 2.76. The number of nitrogens with one attached hydrogen (secondary N) is 1. The Hall–Kier alpha value is -1.45. The number of ether oxygens (including phenoxy) is 1. The minimum absolute atomic E-state index is 0.120. The van der Waals surface area contributed by atoms with Gasteiger partial charge in [-0.05, 0) is 68.0 Å². The van der Waals surface area contributed by atoms with Crippen LogP contribution in [-0.4, -0.2) is 29.2 Å². The van der Waals surface area contributed by atoms with Crippen LogP contribution >= 0.6 is 45.5 Å². The summed E-state index contributed by atoms with van der Waals surface area (Å²) in [5.74, 6) is -0.767. The predicted octanol–water partition coefficient (Wildman–Crippen LogP) is 5.20. The highest BCUT2D eigenvalue weighted by Gasteiger charge is 2.32. The molecule has 1 aromatic carbocycles. The van der Waals surface area contributed by atoms with Crippen molar-refractivity contribution in [3.8, 4) is 0 Å². The summed E-state index contributed by atoms with van der Waals surface area (Å²) in [5.41, 5.74) is 2.83. The van der Waals surface area contributed by atoms with Gasteiger partial charge < -0.3 is 10.1 Å². The van der Waals surface area contributed by atoms with Crippen LogP contribution in [0.25, 0.3) is 0 Å². The highest BCUT2D eigenvalue weighted by molar-refractivity contribution is 14.1. The summed E-state index contributed by atoms with van der Waals surface area (Å²) >= 11 is 9.79. The fourth-order valence-corrected chi connectivity index (χ4v) is 4.83. The normalized spacial score (nSPS) is 16.7. The Morgan fingerprint density at radius 2 is 1.96 bits per heavy atom. The molecular weight excluding hydrogens is 511 g/mol. The van der Waals surface area contributed by atoms with Gasteiger partial charge in [0.25, 0.3) is 0 Å². The van der Waals surface area contributed by atoms with Gasteiger partial charge in [-0.15, -0.1) is 11.3 Å². The molecule has 1 amide bonds. The van der Waals surface area contributed by atoms with E-state index in [1.54, 1.807) is 32.9 Å². The molecule has 0 fully saturated rings. The molecule has 0 aliphatic carbocycles. The second kappa shape index (κ2) is 8.12. The summed E-state index contributed by atoms with van der Waals surface area (Å²) in [6, 6.07) is 6.45. The maximum atomic E-state index is 12.8. The second-order valence-electron chi connectivity index (χ2n) is 7.49. The Bertz CT molecular complexity index is 961. The van der Waals surface area contributed by atoms with Crippen LogP contribution in [0, 0.1) is 9.81 Å². The Labute approximate surface area is 186 Å². The number of carbonyl (C=O) groups is 2. The van der Waals surface area contributed by atoms with Crippen molar-refractivity contribution in [2.75, 3.05) is 5.32 Å². The molecule has 2 heterocycles. The number of hydrogen-bond acceptors (Lipinski definition) is 5. The number of benzene rings is 1. The molecule has 0 unspecified atom stereocenters. The van der Waals surface area contributed by atoms with Crippen LogP contribution in [0.15, 0.2) is 29.3 Å². The molecule has 0 spiro atoms. The van der Waals surface area contributed by atoms with Gasteiger partial charge >= 0.3 is 5.97 Å². The van der Waals surface area contributed by atoms with E-state index in [0.29, 0.717) is 10.7 Å². The number of rotatable bonds is 3. The number of esters is 1. The van der Waals surface area contributed by atoms with Crippen LogP contribution in [-0.2, 0) is 14.3 Å². The fourth-order valence-electron chi connectivity index (χ4n) is 2.84. The van der Waals surface area contributed by atoms with E-state index >= 15 is 0 Å². The molecule has 28 heavy (non-hydrogen) atoms. The van der Waals surface area contributed by atoms with E-state index in [9.17, 15) is 9.59 Å². The maximum Gasteiger partial charge on any atom is 0.309 e. The molecule has 0 radical (unpaired) electrons. The monoisotopic (exact) mass is 530 g/mol. The lowest BCUT2D eigenvalue weighted by Gasteiger charge is -2.20. The summed E-state index contributed by atoms with van der Waals surface area (Å²) in [7, 11) is 0. The van der Waals surface area contributed by atoms with Crippen molar-refractivity contribution >= 4 is 68.1 Å². The molecular formula is C20H20ClIN2O3S. The molecule has 1 N–H and O–H groups in total. The number of carbonyl (C=O) groups excluding carboxylic acids is 2. The third-order valence-corrected chi connectivity index (χ3v) is 6.76. The van der Waals surface area contributed by atoms with Crippen molar-refractivity contribution in [2.24, 2.45) is 4.99 Å². The molecule has 5 nitrogen and oxygen atoms in total. The molecule has 1 aliphatic rings. The zero-order valence-electron chi connectivity index (χ0n) is 15.9. The number of halogens is 2. The fraction of sp³-hybridized carbons (Fsp3) is 0.350. The molecule has 0 bridgehead atoms. The van der Waals surface area contributed by atoms with Crippen molar-refractivity contribution in [3.05, 3.63) is 48.9 Å². The summed E-state index contributed by atoms with van der Waals surface area (Å²) in [6.07, 6.45) is -0.120. The van der Waals surface area contributed by atoms with E-state index in [1.807, 2.05) is 19.1 Å². The van der Waals surface area contributed by atoms with Crippen LogP contribution in [0.5, 0.6) is 0 Å². The van der Waals surface area contributed by atoms with Gasteiger partial charge in [-0.2, -0.15) is 0 Å². The molecule has 1 atom stereocenters. The quantitative estimate of drug-likeness (QED) is 0.438. The second-order valence-corrected chi connectivity index (χ2v) is 10.8. The van der Waals surface area contributed by atoms with Crippen molar-refractivity contribution < 1.29 is 14.3 Å². The van der Waals surface area contributed by atoms with Crippen LogP contribution in [0.4, 0.5) is 5.00 Å². The first-order valence-corrected chi connectivity index (χ1v) is 11.0. The summed E-state index contributed by atoms with van der Waals surface area (Å²) < 4.78 is 6.46. The molecule has 8 heteroatoms. The van der Waals surface area contributed by atoms with Gasteiger partial charge in [-0.25, -0.2) is 0 Å². The van der Waals surface area contributed by atoms with Gasteiger partial charge in [0.2, 0.25) is 5.91 Å². The van der Waals surface area contributed by atoms with Crippen molar-refractivity contribution in [3.63, 3.8) is 0 Å². The van der Waals surface area contributed by atoms with E-state index in [4.69, 9.17) is 21.3 Å². The molecule has 148 valence electrons. The number of thiophene rings is 1. The van der Waals surface area contributed by atoms with E-state index in [-0.39, 0.29) is 12.3 Å². The predicted molar refractivity (Wildman–Crippen MR) is 122 cm³/mol. The number of anilines is 1. The molecule has 0 saturated carbocycles. The van der Waals surface area contributed by atoms with E-state index in [1.165, 1.54) is 11.3 Å². The molecule has 1 aliphatic heterocycles. The number of nitrogens with zero attached hydrogens (tertiary/aromatic N) is 1. The molecule has 2 aromatic rings. The summed E-state index contributed by atoms with van der Waals surface area (Å²) in [5, 5.41) is 4.30. The van der Waals surface area contributed by atoms with E-state index in [2.05, 4.69) is 27.9 Å². The Balaban J connectivity index is 2.06. The summed E-state index contributed by atoms with van der Waals surface area (Å²) in [4.78, 5) is 29.8. The highest BCUT2D eigenvalue weighted by atomic mass is 127. The van der Waals surface area contributed by atoms with Crippen LogP contribution in [0.1, 0.15) is 43.9 Å². The zero-order chi connectivity index (χ0) is 20.6. The SMILES string of the molecule is Cc1c(I)sc2c1C(c1ccc(Cl)cc1)=N[C@@H](CC(=O)OC(C)(C)C)C(=O)N2. The number of fused-ring (bicyclic) bond motifs is 1. The molecule has 1 aromatic heterocycles. The lowest BCUT2D eigenvalue weighted by atomic mass is 10.0. The first-order chi connectivity index (χ1) is 13.0. The molecule has 3 rings (SSSR count). The first-order valence-electron chi connectivity index (χ1n) is 8.71. The Kier molecular flexibility index (Phi) is 6.17. The maximum absolute atomic E-state index is 12.8. The molecule has 0 saturated heterocycles. The average molecular weight is 531 g/mol. The zero-order valence-corrected chi connectivity index (χ0v) is 19.7. The van der Waals surface area contributed by atoms with E-state index < -0.39 is 17.6 Å². The Morgan fingerprint density at radius 3 is 2.57 bits per heavy atom. The number of hydrogen-bond donors (Lipinski definition) is 1. The van der Waals surface area contributed by atoms with Gasteiger partial charge in [0.1, 0.15) is 16.6 Å². The van der Waals surface area contributed by atoms with Gasteiger partial charge in [0.15, 0.2) is 0 Å². The largest absolute Gasteiger partial charge is 0.460 e. The van der Waals surface area contributed by atoms with Crippen molar-refractivity contribution in [2.45, 2.75) is 45.8 Å². The third kappa shape index (κ3) is 4.75. The summed E-state index contributed by atoms with van der Waals surface area (Å²) in [6.45, 7) is 7.39. The standard InChI is InChI=1S/C20H20ClIN2O3S/c1-10-15-16(11-5-7-12(21)8-6-11)23-13(9-14(25)27-20(2,3)4)18(26)24-19(15)28-17(10)22/h5-8,13H,9H2,1-4H3,(H,24,26)/t13-/m0/s1. The lowest BCUT2D eigenvalue weighted by Crippen LogP contribution is -2.31. The number of aliphatic imine (C=N–C) groups is 1.